The van der Waals surface area contributed by atoms with E-state index in [1.807, 2.05) is 6.07 Å². The molecule has 126 valence electrons. The molecule has 0 spiro atoms. The summed E-state index contributed by atoms with van der Waals surface area (Å²) in [6.45, 7) is -0.266. The summed E-state index contributed by atoms with van der Waals surface area (Å²) in [7, 11) is 0. The van der Waals surface area contributed by atoms with Crippen molar-refractivity contribution in [1.29, 1.82) is 0 Å². The molecule has 0 saturated carbocycles. The third-order valence-electron chi connectivity index (χ3n) is 3.41. The van der Waals surface area contributed by atoms with Crippen LogP contribution in [-0.2, 0) is 0 Å². The first-order valence-corrected chi connectivity index (χ1v) is 8.06. The minimum atomic E-state index is -0.524. The summed E-state index contributed by atoms with van der Waals surface area (Å²) in [5.74, 6) is -0.207. The maximum absolute atomic E-state index is 12.3. The molecule has 1 aromatic heterocycles. The summed E-state index contributed by atoms with van der Waals surface area (Å²) >= 11 is 11.9. The molecule has 0 aliphatic carbocycles. The second-order valence-corrected chi connectivity index (χ2v) is 5.91. The van der Waals surface area contributed by atoms with Crippen LogP contribution >= 0.6 is 23.2 Å². The molecule has 3 rings (SSSR count). The molecule has 0 saturated heterocycles. The van der Waals surface area contributed by atoms with Gasteiger partial charge in [0.05, 0.1) is 11.9 Å². The van der Waals surface area contributed by atoms with Crippen LogP contribution in [0.15, 0.2) is 65.6 Å². The zero-order valence-corrected chi connectivity index (χ0v) is 14.4. The summed E-state index contributed by atoms with van der Waals surface area (Å²) in [6.07, 6.45) is 1.31. The summed E-state index contributed by atoms with van der Waals surface area (Å²) in [6, 6.07) is 15.3. The summed E-state index contributed by atoms with van der Waals surface area (Å²) < 4.78 is 6.53. The van der Waals surface area contributed by atoms with E-state index in [-0.39, 0.29) is 23.2 Å². The molecule has 0 fully saturated rings. The molecule has 7 heteroatoms. The van der Waals surface area contributed by atoms with Crippen LogP contribution in [0.3, 0.4) is 0 Å². The van der Waals surface area contributed by atoms with E-state index in [4.69, 9.17) is 27.9 Å². The number of carbonyl (C=O) groups excluding carboxylic acids is 1. The van der Waals surface area contributed by atoms with Gasteiger partial charge in [-0.3, -0.25) is 9.59 Å². The summed E-state index contributed by atoms with van der Waals surface area (Å²) in [5, 5.41) is 4.44. The van der Waals surface area contributed by atoms with E-state index in [9.17, 15) is 9.59 Å². The van der Waals surface area contributed by atoms with Crippen LogP contribution in [0.25, 0.3) is 5.69 Å². The molecule has 3 aromatic rings. The maximum atomic E-state index is 12.3. The van der Waals surface area contributed by atoms with E-state index < -0.39 is 5.56 Å². The third kappa shape index (κ3) is 3.90. The van der Waals surface area contributed by atoms with E-state index >= 15 is 0 Å². The SMILES string of the molecule is O=C(COc1cnn(-c2ccccc2)c(=O)c1Cl)c1ccc(Cl)cc1. The molecular formula is C18H12Cl2N2O3. The Kier molecular flexibility index (Phi) is 5.16. The third-order valence-corrected chi connectivity index (χ3v) is 4.01. The van der Waals surface area contributed by atoms with Gasteiger partial charge in [0.25, 0.3) is 5.56 Å². The lowest BCUT2D eigenvalue weighted by Gasteiger charge is -2.09. The number of hydrogen-bond acceptors (Lipinski definition) is 4. The molecule has 0 unspecified atom stereocenters. The number of ether oxygens (including phenoxy) is 1. The highest BCUT2D eigenvalue weighted by Gasteiger charge is 2.14. The predicted molar refractivity (Wildman–Crippen MR) is 96.1 cm³/mol. The fraction of sp³-hybridized carbons (Fsp3) is 0.0556. The van der Waals surface area contributed by atoms with E-state index in [0.29, 0.717) is 16.3 Å². The van der Waals surface area contributed by atoms with E-state index in [1.54, 1.807) is 48.5 Å². The van der Waals surface area contributed by atoms with Gasteiger partial charge in [0.2, 0.25) is 0 Å². The Labute approximate surface area is 153 Å². The number of Topliss-reactive ketones (excluding diaryl/α,β-unsaturated/α-hetero) is 1. The van der Waals surface area contributed by atoms with Gasteiger partial charge >= 0.3 is 0 Å². The van der Waals surface area contributed by atoms with Gasteiger partial charge in [0.15, 0.2) is 23.2 Å². The minimum absolute atomic E-state index is 0.0566. The van der Waals surface area contributed by atoms with Crippen molar-refractivity contribution in [2.75, 3.05) is 6.61 Å². The van der Waals surface area contributed by atoms with Gasteiger partial charge in [-0.05, 0) is 36.4 Å². The largest absolute Gasteiger partial charge is 0.482 e. The van der Waals surface area contributed by atoms with Crippen molar-refractivity contribution in [3.8, 4) is 11.4 Å². The minimum Gasteiger partial charge on any atom is -0.482 e. The van der Waals surface area contributed by atoms with Crippen molar-refractivity contribution in [2.45, 2.75) is 0 Å². The smallest absolute Gasteiger partial charge is 0.294 e. The first kappa shape index (κ1) is 17.2. The first-order valence-electron chi connectivity index (χ1n) is 7.31. The van der Waals surface area contributed by atoms with Crippen molar-refractivity contribution in [3.05, 3.63) is 86.8 Å². The molecule has 0 radical (unpaired) electrons. The normalized spacial score (nSPS) is 10.5. The van der Waals surface area contributed by atoms with Crippen molar-refractivity contribution >= 4 is 29.0 Å². The molecule has 2 aromatic carbocycles. The highest BCUT2D eigenvalue weighted by atomic mass is 35.5. The second-order valence-electron chi connectivity index (χ2n) is 5.09. The molecule has 5 nitrogen and oxygen atoms in total. The van der Waals surface area contributed by atoms with Gasteiger partial charge < -0.3 is 4.74 Å². The molecule has 0 N–H and O–H groups in total. The van der Waals surface area contributed by atoms with Gasteiger partial charge in [-0.15, -0.1) is 0 Å². The lowest BCUT2D eigenvalue weighted by molar-refractivity contribution is 0.0921. The molecule has 0 bridgehead atoms. The standard InChI is InChI=1S/C18H12Cl2N2O3/c19-13-8-6-12(7-9-13)15(23)11-25-16-10-21-22(18(24)17(16)20)14-4-2-1-3-5-14/h1-10H,11H2. The topological polar surface area (TPSA) is 61.2 Å². The number of benzene rings is 2. The molecule has 0 aliphatic heterocycles. The Morgan fingerprint density at radius 3 is 2.40 bits per heavy atom. The van der Waals surface area contributed by atoms with Crippen LogP contribution in [0.5, 0.6) is 5.75 Å². The Morgan fingerprint density at radius 2 is 1.72 bits per heavy atom. The van der Waals surface area contributed by atoms with Crippen LogP contribution in [0.4, 0.5) is 0 Å². The lowest BCUT2D eigenvalue weighted by Crippen LogP contribution is -2.22. The average Bonchev–Trinajstić information content (AvgIpc) is 2.64. The van der Waals surface area contributed by atoms with Crippen LogP contribution in [0, 0.1) is 0 Å². The number of para-hydroxylation sites is 1. The van der Waals surface area contributed by atoms with Crippen LogP contribution in [-0.4, -0.2) is 22.2 Å². The number of nitrogens with zero attached hydrogens (tertiary/aromatic N) is 2. The first-order chi connectivity index (χ1) is 12.1. The molecule has 0 aliphatic rings. The number of carbonyl (C=O) groups is 1. The number of ketones is 1. The number of rotatable bonds is 5. The Balaban J connectivity index is 1.78. The quantitative estimate of drug-likeness (QED) is 0.637. The fourth-order valence-electron chi connectivity index (χ4n) is 2.13. The molecular weight excluding hydrogens is 363 g/mol. The Morgan fingerprint density at radius 1 is 1.04 bits per heavy atom. The monoisotopic (exact) mass is 374 g/mol. The van der Waals surface area contributed by atoms with Crippen molar-refractivity contribution in [3.63, 3.8) is 0 Å². The molecule has 25 heavy (non-hydrogen) atoms. The van der Waals surface area contributed by atoms with Gasteiger partial charge in [-0.25, -0.2) is 0 Å². The highest BCUT2D eigenvalue weighted by molar-refractivity contribution is 6.31. The summed E-state index contributed by atoms with van der Waals surface area (Å²) in [5.41, 5.74) is 0.508. The Hall–Kier alpha value is -2.63. The molecule has 1 heterocycles. The average molecular weight is 375 g/mol. The van der Waals surface area contributed by atoms with Gasteiger partial charge in [0, 0.05) is 10.6 Å². The fourth-order valence-corrected chi connectivity index (χ4v) is 2.44. The molecule has 0 atom stereocenters. The van der Waals surface area contributed by atoms with Crippen molar-refractivity contribution < 1.29 is 9.53 Å². The van der Waals surface area contributed by atoms with Crippen molar-refractivity contribution in [1.82, 2.24) is 9.78 Å². The van der Waals surface area contributed by atoms with Gasteiger partial charge in [0.1, 0.15) is 0 Å². The zero-order valence-electron chi connectivity index (χ0n) is 12.9. The van der Waals surface area contributed by atoms with E-state index in [0.717, 1.165) is 4.68 Å². The number of aromatic nitrogens is 2. The highest BCUT2D eigenvalue weighted by Crippen LogP contribution is 2.20. The van der Waals surface area contributed by atoms with E-state index in [1.165, 1.54) is 6.20 Å². The summed E-state index contributed by atoms with van der Waals surface area (Å²) in [4.78, 5) is 24.4. The Bertz CT molecular complexity index is 954. The second kappa shape index (κ2) is 7.51. The molecule has 0 amide bonds. The lowest BCUT2D eigenvalue weighted by atomic mass is 10.1. The van der Waals surface area contributed by atoms with Crippen LogP contribution in [0.2, 0.25) is 10.0 Å². The van der Waals surface area contributed by atoms with Gasteiger partial charge in [-0.2, -0.15) is 9.78 Å². The van der Waals surface area contributed by atoms with Crippen molar-refractivity contribution in [2.24, 2.45) is 0 Å². The number of hydrogen-bond donors (Lipinski definition) is 0. The van der Waals surface area contributed by atoms with E-state index in [2.05, 4.69) is 5.10 Å². The van der Waals surface area contributed by atoms with Crippen LogP contribution in [0.1, 0.15) is 10.4 Å². The zero-order chi connectivity index (χ0) is 17.8. The number of halogens is 2. The maximum Gasteiger partial charge on any atom is 0.294 e. The van der Waals surface area contributed by atoms with Gasteiger partial charge in [-0.1, -0.05) is 41.4 Å². The van der Waals surface area contributed by atoms with Crippen LogP contribution < -0.4 is 10.3 Å². The predicted octanol–water partition coefficient (Wildman–Crippen LogP) is 3.80.